The van der Waals surface area contributed by atoms with Crippen LogP contribution in [-0.2, 0) is 20.9 Å². The minimum atomic E-state index is -0.657. The van der Waals surface area contributed by atoms with Crippen LogP contribution in [0.2, 0.25) is 0 Å². The minimum Gasteiger partial charge on any atom is -0.493 e. The average Bonchev–Trinajstić information content (AvgIpc) is 3.00. The number of rotatable bonds is 7. The molecule has 0 atom stereocenters. The predicted molar refractivity (Wildman–Crippen MR) is 113 cm³/mol. The second kappa shape index (κ2) is 9.49. The van der Waals surface area contributed by atoms with Gasteiger partial charge >= 0.3 is 5.97 Å². The lowest BCUT2D eigenvalue weighted by atomic mass is 10.1. The Morgan fingerprint density at radius 1 is 1.07 bits per heavy atom. The average molecular weight is 427 g/mol. The largest absolute Gasteiger partial charge is 0.493 e. The Bertz CT molecular complexity index is 999. The summed E-state index contributed by atoms with van der Waals surface area (Å²) in [5.41, 5.74) is 2.88. The standard InChI is InChI=1S/C22H21NO6S/c1-14-4-6-15(7-5-14)13-29-17-9-8-16(10-18(17)27-2)11-19-21(25)23(22(26)30-19)12-20(24)28-3/h4-11H,12-13H2,1-3H3/b19-11-. The van der Waals surface area contributed by atoms with Gasteiger partial charge in [-0.3, -0.25) is 19.3 Å². The van der Waals surface area contributed by atoms with Gasteiger partial charge in [-0.1, -0.05) is 35.9 Å². The number of hydrogen-bond donors (Lipinski definition) is 0. The molecule has 0 N–H and O–H groups in total. The van der Waals surface area contributed by atoms with Gasteiger partial charge in [-0.05, 0) is 48.0 Å². The van der Waals surface area contributed by atoms with E-state index in [9.17, 15) is 14.4 Å². The van der Waals surface area contributed by atoms with Crippen LogP contribution >= 0.6 is 11.8 Å². The van der Waals surface area contributed by atoms with Gasteiger partial charge in [0, 0.05) is 0 Å². The number of carbonyl (C=O) groups is 3. The van der Waals surface area contributed by atoms with Crippen LogP contribution in [0.1, 0.15) is 16.7 Å². The molecule has 0 radical (unpaired) electrons. The topological polar surface area (TPSA) is 82.1 Å². The Kier molecular flexibility index (Phi) is 6.79. The molecule has 1 aliphatic heterocycles. The van der Waals surface area contributed by atoms with Crippen molar-refractivity contribution in [2.24, 2.45) is 0 Å². The first kappa shape index (κ1) is 21.4. The van der Waals surface area contributed by atoms with Crippen LogP contribution in [0.4, 0.5) is 4.79 Å². The highest BCUT2D eigenvalue weighted by atomic mass is 32.2. The van der Waals surface area contributed by atoms with E-state index in [-0.39, 0.29) is 4.91 Å². The van der Waals surface area contributed by atoms with Crippen LogP contribution in [0.3, 0.4) is 0 Å². The second-order valence-corrected chi connectivity index (χ2v) is 7.52. The van der Waals surface area contributed by atoms with Crippen LogP contribution in [0.15, 0.2) is 47.4 Å². The molecule has 7 nitrogen and oxygen atoms in total. The lowest BCUT2D eigenvalue weighted by Gasteiger charge is -2.12. The molecule has 2 aromatic rings. The summed E-state index contributed by atoms with van der Waals surface area (Å²) in [6.45, 7) is 2.01. The summed E-state index contributed by atoms with van der Waals surface area (Å²) in [6, 6.07) is 13.3. The molecule has 30 heavy (non-hydrogen) atoms. The number of imide groups is 1. The van der Waals surface area contributed by atoms with E-state index in [0.29, 0.717) is 23.7 Å². The Morgan fingerprint density at radius 2 is 1.80 bits per heavy atom. The number of amides is 2. The van der Waals surface area contributed by atoms with Crippen molar-refractivity contribution in [3.05, 3.63) is 64.1 Å². The third-order valence-corrected chi connectivity index (χ3v) is 5.30. The number of hydrogen-bond acceptors (Lipinski definition) is 7. The number of ether oxygens (including phenoxy) is 3. The van der Waals surface area contributed by atoms with Gasteiger partial charge in [-0.2, -0.15) is 0 Å². The molecule has 0 saturated carbocycles. The van der Waals surface area contributed by atoms with E-state index in [2.05, 4.69) is 4.74 Å². The van der Waals surface area contributed by atoms with Gasteiger partial charge in [0.25, 0.3) is 11.1 Å². The van der Waals surface area contributed by atoms with Crippen molar-refractivity contribution in [3.63, 3.8) is 0 Å². The molecule has 0 spiro atoms. The number of esters is 1. The zero-order chi connectivity index (χ0) is 21.7. The van der Waals surface area contributed by atoms with E-state index in [1.54, 1.807) is 24.3 Å². The number of benzene rings is 2. The number of thioether (sulfide) groups is 1. The number of nitrogens with zero attached hydrogens (tertiary/aromatic N) is 1. The number of aryl methyl sites for hydroxylation is 1. The summed E-state index contributed by atoms with van der Waals surface area (Å²) in [7, 11) is 2.73. The fourth-order valence-electron chi connectivity index (χ4n) is 2.72. The third kappa shape index (κ3) is 5.01. The molecular formula is C22H21NO6S. The lowest BCUT2D eigenvalue weighted by molar-refractivity contribution is -0.143. The van der Waals surface area contributed by atoms with Crippen molar-refractivity contribution in [2.75, 3.05) is 20.8 Å². The molecule has 0 aromatic heterocycles. The smallest absolute Gasteiger partial charge is 0.325 e. The number of carbonyl (C=O) groups excluding carboxylic acids is 3. The summed E-state index contributed by atoms with van der Waals surface area (Å²) in [5.74, 6) is -0.122. The molecule has 0 unspecified atom stereocenters. The molecule has 1 fully saturated rings. The maximum absolute atomic E-state index is 12.4. The first-order valence-electron chi connectivity index (χ1n) is 9.10. The lowest BCUT2D eigenvalue weighted by Crippen LogP contribution is -2.34. The van der Waals surface area contributed by atoms with Crippen molar-refractivity contribution >= 4 is 35.0 Å². The Balaban J connectivity index is 1.74. The third-order valence-electron chi connectivity index (χ3n) is 4.39. The maximum Gasteiger partial charge on any atom is 0.325 e. The van der Waals surface area contributed by atoms with E-state index in [0.717, 1.165) is 22.2 Å². The van der Waals surface area contributed by atoms with Gasteiger partial charge in [-0.25, -0.2) is 0 Å². The van der Waals surface area contributed by atoms with Gasteiger partial charge in [0.05, 0.1) is 19.1 Å². The van der Waals surface area contributed by atoms with Gasteiger partial charge in [0.15, 0.2) is 11.5 Å². The van der Waals surface area contributed by atoms with E-state index >= 15 is 0 Å². The van der Waals surface area contributed by atoms with Crippen molar-refractivity contribution in [3.8, 4) is 11.5 Å². The highest BCUT2D eigenvalue weighted by molar-refractivity contribution is 8.18. The first-order valence-corrected chi connectivity index (χ1v) is 9.91. The van der Waals surface area contributed by atoms with Gasteiger partial charge in [-0.15, -0.1) is 0 Å². The monoisotopic (exact) mass is 427 g/mol. The predicted octanol–water partition coefficient (Wildman–Crippen LogP) is 3.79. The van der Waals surface area contributed by atoms with Gasteiger partial charge < -0.3 is 14.2 Å². The van der Waals surface area contributed by atoms with E-state index in [1.165, 1.54) is 19.8 Å². The quantitative estimate of drug-likeness (QED) is 0.491. The summed E-state index contributed by atoms with van der Waals surface area (Å²) in [4.78, 5) is 36.9. The highest BCUT2D eigenvalue weighted by Crippen LogP contribution is 2.34. The van der Waals surface area contributed by atoms with E-state index < -0.39 is 23.7 Å². The van der Waals surface area contributed by atoms with Crippen molar-refractivity contribution in [1.82, 2.24) is 4.90 Å². The van der Waals surface area contributed by atoms with Crippen molar-refractivity contribution in [1.29, 1.82) is 0 Å². The van der Waals surface area contributed by atoms with Gasteiger partial charge in [0.1, 0.15) is 13.2 Å². The SMILES string of the molecule is COC(=O)CN1C(=O)S/C(=C\c2ccc(OCc3ccc(C)cc3)c(OC)c2)C1=O. The molecule has 8 heteroatoms. The minimum absolute atomic E-state index is 0.222. The van der Waals surface area contributed by atoms with E-state index in [1.807, 2.05) is 31.2 Å². The van der Waals surface area contributed by atoms with Crippen molar-refractivity contribution in [2.45, 2.75) is 13.5 Å². The highest BCUT2D eigenvalue weighted by Gasteiger charge is 2.36. The first-order chi connectivity index (χ1) is 14.4. The summed E-state index contributed by atoms with van der Waals surface area (Å²) < 4.78 is 15.8. The molecular weight excluding hydrogens is 406 g/mol. The number of methoxy groups -OCH3 is 2. The fraction of sp³-hybridized carbons (Fsp3) is 0.227. The molecule has 1 heterocycles. The molecule has 156 valence electrons. The summed E-state index contributed by atoms with van der Waals surface area (Å²) in [6.07, 6.45) is 1.58. The van der Waals surface area contributed by atoms with Gasteiger partial charge in [0.2, 0.25) is 0 Å². The molecule has 1 aliphatic rings. The van der Waals surface area contributed by atoms with Crippen LogP contribution in [0.25, 0.3) is 6.08 Å². The normalized spacial score (nSPS) is 14.9. The summed E-state index contributed by atoms with van der Waals surface area (Å²) >= 11 is 0.774. The molecule has 2 aromatic carbocycles. The Labute approximate surface area is 178 Å². The molecule has 0 bridgehead atoms. The van der Waals surface area contributed by atoms with Crippen LogP contribution in [-0.4, -0.2) is 42.8 Å². The maximum atomic E-state index is 12.4. The molecule has 2 amide bonds. The van der Waals surface area contributed by atoms with Crippen LogP contribution in [0, 0.1) is 6.92 Å². The fourth-order valence-corrected chi connectivity index (χ4v) is 3.56. The van der Waals surface area contributed by atoms with E-state index in [4.69, 9.17) is 9.47 Å². The van der Waals surface area contributed by atoms with Crippen LogP contribution < -0.4 is 9.47 Å². The summed E-state index contributed by atoms with van der Waals surface area (Å²) in [5, 5.41) is -0.512. The van der Waals surface area contributed by atoms with Crippen LogP contribution in [0.5, 0.6) is 11.5 Å². The second-order valence-electron chi connectivity index (χ2n) is 6.53. The Hall–Kier alpha value is -3.26. The zero-order valence-electron chi connectivity index (χ0n) is 16.8. The molecule has 0 aliphatic carbocycles. The zero-order valence-corrected chi connectivity index (χ0v) is 17.7. The molecule has 1 saturated heterocycles. The Morgan fingerprint density at radius 3 is 2.47 bits per heavy atom. The van der Waals surface area contributed by atoms with Crippen molar-refractivity contribution < 1.29 is 28.6 Å². The molecule has 3 rings (SSSR count).